The van der Waals surface area contributed by atoms with Crippen LogP contribution in [-0.2, 0) is 0 Å². The van der Waals surface area contributed by atoms with E-state index < -0.39 is 0 Å². The molecule has 0 amide bonds. The molecule has 1 aliphatic rings. The summed E-state index contributed by atoms with van der Waals surface area (Å²) in [4.78, 5) is 4.00. The van der Waals surface area contributed by atoms with Crippen molar-refractivity contribution in [3.05, 3.63) is 36.9 Å². The van der Waals surface area contributed by atoms with Gasteiger partial charge in [0.15, 0.2) is 0 Å². The first-order chi connectivity index (χ1) is 10.3. The molecule has 1 aromatic heterocycles. The minimum atomic E-state index is 0.0216. The Bertz CT molecular complexity index is 561. The fraction of sp³-hybridized carbons (Fsp3) is 0.500. The second-order valence-electron chi connectivity index (χ2n) is 5.93. The van der Waals surface area contributed by atoms with Crippen molar-refractivity contribution in [3.63, 3.8) is 0 Å². The van der Waals surface area contributed by atoms with E-state index in [1.807, 2.05) is 24.3 Å². The van der Waals surface area contributed by atoms with Gasteiger partial charge in [0.25, 0.3) is 0 Å². The van der Waals surface area contributed by atoms with E-state index in [1.54, 1.807) is 11.0 Å². The summed E-state index contributed by atoms with van der Waals surface area (Å²) in [7, 11) is 0. The first-order valence-corrected chi connectivity index (χ1v) is 7.62. The van der Waals surface area contributed by atoms with Crippen LogP contribution >= 0.6 is 0 Å². The Balaban J connectivity index is 1.76. The third-order valence-corrected chi connectivity index (χ3v) is 4.47. The van der Waals surface area contributed by atoms with Gasteiger partial charge in [-0.15, -0.1) is 0 Å². The highest BCUT2D eigenvalue weighted by Crippen LogP contribution is 2.36. The Morgan fingerprint density at radius 2 is 2.00 bits per heavy atom. The van der Waals surface area contributed by atoms with Gasteiger partial charge in [0.2, 0.25) is 0 Å². The highest BCUT2D eigenvalue weighted by Gasteiger charge is 2.31. The predicted octanol–water partition coefficient (Wildman–Crippen LogP) is 2.62. The van der Waals surface area contributed by atoms with Gasteiger partial charge >= 0.3 is 0 Å². The molecule has 5 nitrogen and oxygen atoms in total. The molecule has 21 heavy (non-hydrogen) atoms. The van der Waals surface area contributed by atoms with Crippen molar-refractivity contribution >= 4 is 5.69 Å². The van der Waals surface area contributed by atoms with E-state index in [-0.39, 0.29) is 12.0 Å². The number of hydrogen-bond donors (Lipinski definition) is 2. The van der Waals surface area contributed by atoms with Crippen molar-refractivity contribution in [1.82, 2.24) is 14.8 Å². The van der Waals surface area contributed by atoms with E-state index in [1.165, 1.54) is 25.6 Å². The van der Waals surface area contributed by atoms with Gasteiger partial charge in [-0.1, -0.05) is 31.4 Å². The molecule has 2 N–H and O–H groups in total. The molecule has 5 heteroatoms. The Labute approximate surface area is 125 Å². The summed E-state index contributed by atoms with van der Waals surface area (Å²) in [5.74, 6) is 0. The first-order valence-electron chi connectivity index (χ1n) is 7.62. The average Bonchev–Trinajstić information content (AvgIpc) is 3.08. The summed E-state index contributed by atoms with van der Waals surface area (Å²) in [6.07, 6.45) is 9.15. The maximum Gasteiger partial charge on any atom is 0.138 e. The summed E-state index contributed by atoms with van der Waals surface area (Å²) in [6, 6.07) is 8.06. The van der Waals surface area contributed by atoms with E-state index >= 15 is 0 Å². The van der Waals surface area contributed by atoms with Gasteiger partial charge in [-0.05, 0) is 25.0 Å². The average molecular weight is 286 g/mol. The summed E-state index contributed by atoms with van der Waals surface area (Å²) < 4.78 is 1.76. The zero-order valence-corrected chi connectivity index (χ0v) is 12.2. The van der Waals surface area contributed by atoms with Gasteiger partial charge in [-0.2, -0.15) is 5.10 Å². The number of anilines is 1. The number of aliphatic hydroxyl groups is 1. The molecule has 0 spiro atoms. The third-order valence-electron chi connectivity index (χ3n) is 4.47. The second kappa shape index (κ2) is 6.26. The lowest BCUT2D eigenvalue weighted by Crippen LogP contribution is -2.35. The first kappa shape index (κ1) is 14.1. The molecule has 2 aromatic rings. The minimum Gasteiger partial charge on any atom is -0.396 e. The molecule has 0 bridgehead atoms. The molecule has 1 aromatic carbocycles. The van der Waals surface area contributed by atoms with Crippen LogP contribution in [0.1, 0.15) is 32.1 Å². The van der Waals surface area contributed by atoms with E-state index in [9.17, 15) is 5.11 Å². The summed E-state index contributed by atoms with van der Waals surface area (Å²) in [5.41, 5.74) is 2.04. The van der Waals surface area contributed by atoms with Gasteiger partial charge in [0, 0.05) is 12.0 Å². The lowest BCUT2D eigenvalue weighted by Gasteiger charge is -2.36. The lowest BCUT2D eigenvalue weighted by atomic mass is 9.74. The highest BCUT2D eigenvalue weighted by atomic mass is 16.3. The second-order valence-corrected chi connectivity index (χ2v) is 5.93. The molecular formula is C16H22N4O. The molecule has 0 saturated heterocycles. The number of aromatic nitrogens is 3. The topological polar surface area (TPSA) is 63.0 Å². The fourth-order valence-corrected chi connectivity index (χ4v) is 3.13. The van der Waals surface area contributed by atoms with E-state index in [2.05, 4.69) is 15.4 Å². The monoisotopic (exact) mass is 286 g/mol. The maximum absolute atomic E-state index is 9.81. The third kappa shape index (κ3) is 3.08. The zero-order chi connectivity index (χ0) is 14.5. The van der Waals surface area contributed by atoms with Crippen LogP contribution in [-0.4, -0.2) is 33.0 Å². The molecule has 0 unspecified atom stereocenters. The van der Waals surface area contributed by atoms with E-state index in [0.29, 0.717) is 0 Å². The van der Waals surface area contributed by atoms with Gasteiger partial charge in [0.05, 0.1) is 18.0 Å². The van der Waals surface area contributed by atoms with Crippen LogP contribution in [0.5, 0.6) is 0 Å². The predicted molar refractivity (Wildman–Crippen MR) is 82.5 cm³/mol. The van der Waals surface area contributed by atoms with Crippen molar-refractivity contribution in [2.24, 2.45) is 5.41 Å². The van der Waals surface area contributed by atoms with Crippen LogP contribution in [0.25, 0.3) is 5.69 Å². The van der Waals surface area contributed by atoms with Crippen LogP contribution in [0.15, 0.2) is 36.9 Å². The van der Waals surface area contributed by atoms with E-state index in [4.69, 9.17) is 0 Å². The fourth-order valence-electron chi connectivity index (χ4n) is 3.13. The highest BCUT2D eigenvalue weighted by molar-refractivity contribution is 5.60. The van der Waals surface area contributed by atoms with Crippen LogP contribution in [0.3, 0.4) is 0 Å². The summed E-state index contributed by atoms with van der Waals surface area (Å²) in [5, 5.41) is 17.5. The van der Waals surface area contributed by atoms with Gasteiger partial charge in [-0.3, -0.25) is 0 Å². The number of aliphatic hydroxyl groups excluding tert-OH is 1. The van der Waals surface area contributed by atoms with Crippen LogP contribution in [0.2, 0.25) is 0 Å². The molecule has 1 saturated carbocycles. The van der Waals surface area contributed by atoms with Crippen molar-refractivity contribution in [2.75, 3.05) is 18.5 Å². The van der Waals surface area contributed by atoms with Crippen LogP contribution < -0.4 is 5.32 Å². The zero-order valence-electron chi connectivity index (χ0n) is 12.2. The van der Waals surface area contributed by atoms with Crippen LogP contribution in [0.4, 0.5) is 5.69 Å². The molecule has 0 aliphatic heterocycles. The molecule has 0 atom stereocenters. The summed E-state index contributed by atoms with van der Waals surface area (Å²) >= 11 is 0. The molecule has 0 radical (unpaired) electrons. The number of nitrogens with zero attached hydrogens (tertiary/aromatic N) is 3. The van der Waals surface area contributed by atoms with Crippen molar-refractivity contribution in [1.29, 1.82) is 0 Å². The van der Waals surface area contributed by atoms with Gasteiger partial charge in [-0.25, -0.2) is 9.67 Å². The lowest BCUT2D eigenvalue weighted by molar-refractivity contribution is 0.0944. The van der Waals surface area contributed by atoms with E-state index in [0.717, 1.165) is 30.8 Å². The molecule has 1 fully saturated rings. The molecule has 3 rings (SSSR count). The largest absolute Gasteiger partial charge is 0.396 e. The van der Waals surface area contributed by atoms with Crippen molar-refractivity contribution < 1.29 is 5.11 Å². The Morgan fingerprint density at radius 1 is 1.19 bits per heavy atom. The number of para-hydroxylation sites is 2. The Morgan fingerprint density at radius 3 is 2.71 bits per heavy atom. The van der Waals surface area contributed by atoms with Crippen molar-refractivity contribution in [2.45, 2.75) is 32.1 Å². The molecule has 112 valence electrons. The Hall–Kier alpha value is -1.88. The quantitative estimate of drug-likeness (QED) is 0.887. The van der Waals surface area contributed by atoms with Gasteiger partial charge in [0.1, 0.15) is 12.7 Å². The summed E-state index contributed by atoms with van der Waals surface area (Å²) in [6.45, 7) is 1.06. The SMILES string of the molecule is OCC1(CNc2ccccc2-n2cncn2)CCCCC1. The van der Waals surface area contributed by atoms with Gasteiger partial charge < -0.3 is 10.4 Å². The maximum atomic E-state index is 9.81. The number of hydrogen-bond acceptors (Lipinski definition) is 4. The molecule has 1 aliphatic carbocycles. The number of benzene rings is 1. The standard InChI is InChI=1S/C16H22N4O/c21-11-16(8-4-1-5-9-16)10-18-14-6-2-3-7-15(14)20-13-17-12-19-20/h2-3,6-7,12-13,18,21H,1,4-5,8-11H2. The normalized spacial score (nSPS) is 17.6. The minimum absolute atomic E-state index is 0.0216. The number of rotatable bonds is 5. The Kier molecular flexibility index (Phi) is 4.20. The smallest absolute Gasteiger partial charge is 0.138 e. The molecular weight excluding hydrogens is 264 g/mol. The van der Waals surface area contributed by atoms with Crippen molar-refractivity contribution in [3.8, 4) is 5.69 Å². The number of nitrogens with one attached hydrogen (secondary N) is 1. The molecule has 1 heterocycles. The van der Waals surface area contributed by atoms with Crippen LogP contribution in [0, 0.1) is 5.41 Å².